The molecule has 1 aromatic heterocycles. The summed E-state index contributed by atoms with van der Waals surface area (Å²) >= 11 is 6.19. The van der Waals surface area contributed by atoms with Crippen LogP contribution in [0.4, 0.5) is 5.69 Å². The zero-order chi connectivity index (χ0) is 25.8. The van der Waals surface area contributed by atoms with Gasteiger partial charge in [-0.2, -0.15) is 0 Å². The number of benzene rings is 3. The summed E-state index contributed by atoms with van der Waals surface area (Å²) < 4.78 is 16.0. The van der Waals surface area contributed by atoms with E-state index in [2.05, 4.69) is 15.3 Å². The molecule has 0 saturated heterocycles. The molecule has 2 N–H and O–H groups in total. The Bertz CT molecular complexity index is 1420. The number of ether oxygens (including phenoxy) is 3. The fourth-order valence-corrected chi connectivity index (χ4v) is 3.92. The molecule has 9 heteroatoms. The third-order valence-corrected chi connectivity index (χ3v) is 5.98. The van der Waals surface area contributed by atoms with E-state index < -0.39 is 18.0 Å². The first-order chi connectivity index (χ1) is 17.3. The number of aromatic amines is 1. The number of fused-ring (bicyclic) bond motifs is 1. The van der Waals surface area contributed by atoms with E-state index in [9.17, 15) is 9.59 Å². The number of halogens is 1. The molecular weight excluding hydrogens is 482 g/mol. The number of nitrogens with one attached hydrogen (secondary N) is 2. The molecule has 186 valence electrons. The van der Waals surface area contributed by atoms with Crippen LogP contribution in [0.5, 0.6) is 11.5 Å². The minimum atomic E-state index is -1.02. The van der Waals surface area contributed by atoms with Crippen molar-refractivity contribution in [2.24, 2.45) is 0 Å². The summed E-state index contributed by atoms with van der Waals surface area (Å²) in [6.07, 6.45) is -0.753. The number of carbonyl (C=O) groups excluding carboxylic acids is 2. The fourth-order valence-electron chi connectivity index (χ4n) is 3.68. The predicted octanol–water partition coefficient (Wildman–Crippen LogP) is 5.78. The lowest BCUT2D eigenvalue weighted by atomic mass is 10.1. The Morgan fingerprint density at radius 3 is 2.42 bits per heavy atom. The lowest BCUT2D eigenvalue weighted by molar-refractivity contribution is -0.124. The van der Waals surface area contributed by atoms with Crippen LogP contribution in [0.25, 0.3) is 22.4 Å². The zero-order valence-corrected chi connectivity index (χ0v) is 21.1. The van der Waals surface area contributed by atoms with E-state index >= 15 is 0 Å². The molecule has 0 aliphatic rings. The number of hydrogen-bond donors (Lipinski definition) is 2. The number of aromatic nitrogens is 2. The van der Waals surface area contributed by atoms with Crippen molar-refractivity contribution >= 4 is 40.2 Å². The number of amides is 1. The standard InChI is InChI=1S/C27H26ClN3O5/c1-5-22(26(32)31-21-13-18(28)23(34-3)14-24(21)35-4)36-27(33)17-10-11-19-20(12-17)30-25(29-19)16-8-6-15(2)7-9-16/h6-14,22H,5H2,1-4H3,(H,29,30)(H,31,32). The highest BCUT2D eigenvalue weighted by molar-refractivity contribution is 6.32. The highest BCUT2D eigenvalue weighted by Gasteiger charge is 2.24. The third-order valence-electron chi connectivity index (χ3n) is 5.69. The van der Waals surface area contributed by atoms with Gasteiger partial charge in [-0.1, -0.05) is 48.4 Å². The van der Waals surface area contributed by atoms with Gasteiger partial charge < -0.3 is 24.5 Å². The maximum Gasteiger partial charge on any atom is 0.338 e. The Labute approximate surface area is 213 Å². The van der Waals surface area contributed by atoms with Gasteiger partial charge in [0.2, 0.25) is 0 Å². The van der Waals surface area contributed by atoms with Crippen molar-refractivity contribution in [3.63, 3.8) is 0 Å². The van der Waals surface area contributed by atoms with Gasteiger partial charge in [-0.15, -0.1) is 0 Å². The second kappa shape index (κ2) is 10.7. The van der Waals surface area contributed by atoms with E-state index in [1.807, 2.05) is 31.2 Å². The molecule has 0 saturated carbocycles. The minimum absolute atomic E-state index is 0.271. The molecule has 0 fully saturated rings. The van der Waals surface area contributed by atoms with Crippen molar-refractivity contribution in [3.05, 3.63) is 70.7 Å². The van der Waals surface area contributed by atoms with Crippen LogP contribution in [-0.4, -0.2) is 42.2 Å². The first-order valence-electron chi connectivity index (χ1n) is 11.3. The number of methoxy groups -OCH3 is 2. The first kappa shape index (κ1) is 25.1. The molecule has 0 aliphatic heterocycles. The largest absolute Gasteiger partial charge is 0.495 e. The number of aryl methyl sites for hydroxylation is 1. The number of carbonyl (C=O) groups is 2. The van der Waals surface area contributed by atoms with Crippen LogP contribution in [-0.2, 0) is 9.53 Å². The van der Waals surface area contributed by atoms with Crippen molar-refractivity contribution in [2.75, 3.05) is 19.5 Å². The summed E-state index contributed by atoms with van der Waals surface area (Å²) in [7, 11) is 2.95. The van der Waals surface area contributed by atoms with Crippen molar-refractivity contribution in [2.45, 2.75) is 26.4 Å². The van der Waals surface area contributed by atoms with Crippen LogP contribution >= 0.6 is 11.6 Å². The monoisotopic (exact) mass is 507 g/mol. The molecule has 1 heterocycles. The molecule has 36 heavy (non-hydrogen) atoms. The zero-order valence-electron chi connectivity index (χ0n) is 20.3. The van der Waals surface area contributed by atoms with Gasteiger partial charge >= 0.3 is 5.97 Å². The van der Waals surface area contributed by atoms with E-state index in [4.69, 9.17) is 25.8 Å². The van der Waals surface area contributed by atoms with Gasteiger partial charge in [-0.3, -0.25) is 4.79 Å². The first-order valence-corrected chi connectivity index (χ1v) is 11.7. The fraction of sp³-hybridized carbons (Fsp3) is 0.222. The smallest absolute Gasteiger partial charge is 0.338 e. The van der Waals surface area contributed by atoms with Crippen molar-refractivity contribution in [1.29, 1.82) is 0 Å². The molecule has 8 nitrogen and oxygen atoms in total. The summed E-state index contributed by atoms with van der Waals surface area (Å²) in [5.41, 5.74) is 4.15. The molecule has 4 rings (SSSR count). The van der Waals surface area contributed by atoms with Crippen molar-refractivity contribution in [1.82, 2.24) is 9.97 Å². The highest BCUT2D eigenvalue weighted by atomic mass is 35.5. The number of imidazole rings is 1. The number of nitrogens with zero attached hydrogens (tertiary/aromatic N) is 1. The number of esters is 1. The predicted molar refractivity (Wildman–Crippen MR) is 139 cm³/mol. The van der Waals surface area contributed by atoms with E-state index in [0.717, 1.165) is 16.6 Å². The third kappa shape index (κ3) is 5.28. The summed E-state index contributed by atoms with van der Waals surface area (Å²) in [5, 5.41) is 3.02. The average molecular weight is 508 g/mol. The van der Waals surface area contributed by atoms with Crippen LogP contribution in [0.1, 0.15) is 29.3 Å². The maximum absolute atomic E-state index is 12.9. The molecule has 1 atom stereocenters. The van der Waals surface area contributed by atoms with Gasteiger partial charge in [0.1, 0.15) is 17.3 Å². The molecule has 3 aromatic carbocycles. The Morgan fingerprint density at radius 2 is 1.75 bits per heavy atom. The topological polar surface area (TPSA) is 103 Å². The average Bonchev–Trinajstić information content (AvgIpc) is 3.31. The molecule has 4 aromatic rings. The van der Waals surface area contributed by atoms with E-state index in [-0.39, 0.29) is 6.42 Å². The lowest BCUT2D eigenvalue weighted by Gasteiger charge is -2.18. The van der Waals surface area contributed by atoms with E-state index in [1.54, 1.807) is 31.2 Å². The van der Waals surface area contributed by atoms with Crippen LogP contribution in [0.15, 0.2) is 54.6 Å². The van der Waals surface area contributed by atoms with E-state index in [1.165, 1.54) is 20.3 Å². The minimum Gasteiger partial charge on any atom is -0.495 e. The molecule has 0 bridgehead atoms. The van der Waals surface area contributed by atoms with Gasteiger partial charge in [0.15, 0.2) is 6.10 Å². The Balaban J connectivity index is 1.50. The second-order valence-corrected chi connectivity index (χ2v) is 8.57. The molecular formula is C27H26ClN3O5. The number of rotatable bonds is 8. The SMILES string of the molecule is CCC(OC(=O)c1ccc2nc(-c3ccc(C)cc3)[nH]c2c1)C(=O)Nc1cc(Cl)c(OC)cc1OC. The van der Waals surface area contributed by atoms with Gasteiger partial charge in [0, 0.05) is 11.6 Å². The van der Waals surface area contributed by atoms with Crippen molar-refractivity contribution < 1.29 is 23.8 Å². The van der Waals surface area contributed by atoms with Crippen LogP contribution in [0.3, 0.4) is 0 Å². The summed E-state index contributed by atoms with van der Waals surface area (Å²) in [6, 6.07) is 16.1. The summed E-state index contributed by atoms with van der Waals surface area (Å²) in [6.45, 7) is 3.77. The highest BCUT2D eigenvalue weighted by Crippen LogP contribution is 2.36. The Morgan fingerprint density at radius 1 is 1.03 bits per heavy atom. The van der Waals surface area contributed by atoms with Crippen LogP contribution in [0.2, 0.25) is 5.02 Å². The molecule has 0 radical (unpaired) electrons. The molecule has 0 spiro atoms. The summed E-state index contributed by atoms with van der Waals surface area (Å²) in [4.78, 5) is 33.6. The Hall–Kier alpha value is -4.04. The Kier molecular flexibility index (Phi) is 7.45. The quantitative estimate of drug-likeness (QED) is 0.293. The van der Waals surface area contributed by atoms with Gasteiger partial charge in [-0.05, 0) is 37.6 Å². The second-order valence-electron chi connectivity index (χ2n) is 8.16. The van der Waals surface area contributed by atoms with Gasteiger partial charge in [0.25, 0.3) is 5.91 Å². The molecule has 1 unspecified atom stereocenters. The lowest BCUT2D eigenvalue weighted by Crippen LogP contribution is -2.32. The molecule has 0 aliphatic carbocycles. The maximum atomic E-state index is 12.9. The summed E-state index contributed by atoms with van der Waals surface area (Å²) in [5.74, 6) is 0.345. The molecule has 1 amide bonds. The number of anilines is 1. The van der Waals surface area contributed by atoms with Gasteiger partial charge in [0.05, 0.1) is 41.5 Å². The number of hydrogen-bond acceptors (Lipinski definition) is 6. The van der Waals surface area contributed by atoms with Crippen LogP contribution in [0, 0.1) is 6.92 Å². The van der Waals surface area contributed by atoms with Gasteiger partial charge in [-0.25, -0.2) is 9.78 Å². The number of H-pyrrole nitrogens is 1. The normalized spacial score (nSPS) is 11.7. The van der Waals surface area contributed by atoms with Crippen molar-refractivity contribution in [3.8, 4) is 22.9 Å². The van der Waals surface area contributed by atoms with E-state index in [0.29, 0.717) is 39.1 Å². The van der Waals surface area contributed by atoms with Crippen LogP contribution < -0.4 is 14.8 Å².